The fourth-order valence-electron chi connectivity index (χ4n) is 2.86. The van der Waals surface area contributed by atoms with E-state index in [1.165, 1.54) is 42.5 Å². The number of hydrogen-bond acceptors (Lipinski definition) is 3. The molecule has 0 heterocycles. The van der Waals surface area contributed by atoms with Crippen molar-refractivity contribution in [2.24, 2.45) is 0 Å². The molecule has 5 nitrogen and oxygen atoms in total. The summed E-state index contributed by atoms with van der Waals surface area (Å²) in [4.78, 5) is 12.6. The van der Waals surface area contributed by atoms with Gasteiger partial charge in [-0.3, -0.25) is 9.52 Å². The summed E-state index contributed by atoms with van der Waals surface area (Å²) in [5, 5.41) is 2.83. The van der Waals surface area contributed by atoms with Crippen molar-refractivity contribution in [1.29, 1.82) is 0 Å². The second kappa shape index (κ2) is 8.45. The Kier molecular flexibility index (Phi) is 5.98. The van der Waals surface area contributed by atoms with Crippen LogP contribution in [0.1, 0.15) is 35.7 Å². The Labute approximate surface area is 169 Å². The Morgan fingerprint density at radius 2 is 1.55 bits per heavy atom. The smallest absolute Gasteiger partial charge is 0.262 e. The Hall–Kier alpha value is -3.19. The normalized spacial score (nSPS) is 11.3. The number of carbonyl (C=O) groups excluding carboxylic acids is 1. The molecule has 0 unspecified atom stereocenters. The molecule has 3 aromatic carbocycles. The average Bonchev–Trinajstić information content (AvgIpc) is 2.70. The van der Waals surface area contributed by atoms with E-state index in [1.807, 2.05) is 32.0 Å². The minimum atomic E-state index is -4.06. The number of sulfonamides is 1. The van der Waals surface area contributed by atoms with Crippen LogP contribution in [-0.4, -0.2) is 14.3 Å². The van der Waals surface area contributed by atoms with E-state index < -0.39 is 21.7 Å². The van der Waals surface area contributed by atoms with Crippen LogP contribution in [0.5, 0.6) is 0 Å². The van der Waals surface area contributed by atoms with Gasteiger partial charge in [-0.25, -0.2) is 12.8 Å². The minimum absolute atomic E-state index is 0.134. The van der Waals surface area contributed by atoms with Crippen LogP contribution < -0.4 is 10.0 Å². The molecule has 0 aliphatic carbocycles. The van der Waals surface area contributed by atoms with Gasteiger partial charge in [-0.2, -0.15) is 0 Å². The second-order valence-electron chi connectivity index (χ2n) is 6.81. The van der Waals surface area contributed by atoms with Crippen molar-refractivity contribution in [1.82, 2.24) is 0 Å². The number of nitrogens with one attached hydrogen (secondary N) is 2. The van der Waals surface area contributed by atoms with Gasteiger partial charge in [-0.05, 0) is 47.9 Å². The van der Waals surface area contributed by atoms with E-state index in [9.17, 15) is 17.6 Å². The molecule has 0 saturated heterocycles. The van der Waals surface area contributed by atoms with Crippen LogP contribution in [0.4, 0.5) is 15.8 Å². The summed E-state index contributed by atoms with van der Waals surface area (Å²) in [5.74, 6) is -0.903. The van der Waals surface area contributed by atoms with Gasteiger partial charge in [0.05, 0.1) is 10.6 Å². The summed E-state index contributed by atoms with van der Waals surface area (Å²) in [7, 11) is -4.06. The van der Waals surface area contributed by atoms with Crippen molar-refractivity contribution in [2.45, 2.75) is 24.7 Å². The molecule has 0 aliphatic heterocycles. The van der Waals surface area contributed by atoms with Gasteiger partial charge in [0, 0.05) is 11.3 Å². The van der Waals surface area contributed by atoms with Crippen LogP contribution in [0, 0.1) is 5.82 Å². The maximum Gasteiger partial charge on any atom is 0.262 e. The SMILES string of the molecule is CC(C)c1ccccc1NC(=O)c1cccc(S(=O)(=O)Nc2ccccc2F)c1. The lowest BCUT2D eigenvalue weighted by Gasteiger charge is -2.14. The van der Waals surface area contributed by atoms with Crippen LogP contribution in [0.25, 0.3) is 0 Å². The third kappa shape index (κ3) is 4.81. The molecule has 0 fully saturated rings. The quantitative estimate of drug-likeness (QED) is 0.598. The minimum Gasteiger partial charge on any atom is -0.322 e. The van der Waals surface area contributed by atoms with Gasteiger partial charge in [-0.15, -0.1) is 0 Å². The van der Waals surface area contributed by atoms with Gasteiger partial charge in [0.15, 0.2) is 0 Å². The van der Waals surface area contributed by atoms with E-state index in [0.29, 0.717) is 5.69 Å². The number of amides is 1. The Morgan fingerprint density at radius 1 is 0.897 bits per heavy atom. The molecular weight excluding hydrogens is 391 g/mol. The van der Waals surface area contributed by atoms with Crippen LogP contribution >= 0.6 is 0 Å². The lowest BCUT2D eigenvalue weighted by atomic mass is 10.0. The summed E-state index contributed by atoms with van der Waals surface area (Å²) in [6.45, 7) is 4.04. The highest BCUT2D eigenvalue weighted by Crippen LogP contribution is 2.25. The van der Waals surface area contributed by atoms with Crippen molar-refractivity contribution >= 4 is 27.3 Å². The molecule has 0 bridgehead atoms. The molecule has 3 rings (SSSR count). The third-order valence-electron chi connectivity index (χ3n) is 4.36. The largest absolute Gasteiger partial charge is 0.322 e. The number of carbonyl (C=O) groups is 1. The topological polar surface area (TPSA) is 75.3 Å². The molecule has 0 spiro atoms. The fourth-order valence-corrected chi connectivity index (χ4v) is 3.97. The number of halogens is 1. The predicted octanol–water partition coefficient (Wildman–Crippen LogP) is 5.00. The first-order chi connectivity index (χ1) is 13.8. The van der Waals surface area contributed by atoms with Crippen molar-refractivity contribution in [2.75, 3.05) is 10.0 Å². The first kappa shape index (κ1) is 20.5. The molecular formula is C22H21FN2O3S. The molecule has 0 aromatic heterocycles. The maximum absolute atomic E-state index is 13.8. The average molecular weight is 412 g/mol. The van der Waals surface area contributed by atoms with Crippen molar-refractivity contribution in [3.05, 3.63) is 89.7 Å². The molecule has 3 aromatic rings. The summed E-state index contributed by atoms with van der Waals surface area (Å²) < 4.78 is 41.2. The summed E-state index contributed by atoms with van der Waals surface area (Å²) in [5.41, 5.74) is 1.67. The van der Waals surface area contributed by atoms with Crippen molar-refractivity contribution in [3.8, 4) is 0 Å². The lowest BCUT2D eigenvalue weighted by Crippen LogP contribution is -2.17. The highest BCUT2D eigenvalue weighted by atomic mass is 32.2. The monoisotopic (exact) mass is 412 g/mol. The molecule has 0 aliphatic rings. The maximum atomic E-state index is 13.8. The van der Waals surface area contributed by atoms with Crippen LogP contribution in [-0.2, 0) is 10.0 Å². The zero-order valence-corrected chi connectivity index (χ0v) is 16.8. The second-order valence-corrected chi connectivity index (χ2v) is 8.49. The molecule has 0 radical (unpaired) electrons. The highest BCUT2D eigenvalue weighted by molar-refractivity contribution is 7.92. The van der Waals surface area contributed by atoms with Gasteiger partial charge in [0.2, 0.25) is 0 Å². The number of hydrogen-bond donors (Lipinski definition) is 2. The molecule has 29 heavy (non-hydrogen) atoms. The van der Waals surface area contributed by atoms with Crippen molar-refractivity contribution in [3.63, 3.8) is 0 Å². The first-order valence-corrected chi connectivity index (χ1v) is 10.5. The molecule has 0 saturated carbocycles. The van der Waals surface area contributed by atoms with Crippen LogP contribution in [0.2, 0.25) is 0 Å². The van der Waals surface area contributed by atoms with E-state index in [-0.39, 0.29) is 22.1 Å². The van der Waals surface area contributed by atoms with Gasteiger partial charge in [0.25, 0.3) is 15.9 Å². The Balaban J connectivity index is 1.86. The number of anilines is 2. The van der Waals surface area contributed by atoms with E-state index >= 15 is 0 Å². The summed E-state index contributed by atoms with van der Waals surface area (Å²) in [6.07, 6.45) is 0. The molecule has 1 amide bonds. The fraction of sp³-hybridized carbons (Fsp3) is 0.136. The van der Waals surface area contributed by atoms with E-state index in [4.69, 9.17) is 0 Å². The van der Waals surface area contributed by atoms with Gasteiger partial charge in [0.1, 0.15) is 5.82 Å². The molecule has 2 N–H and O–H groups in total. The number of benzene rings is 3. The lowest BCUT2D eigenvalue weighted by molar-refractivity contribution is 0.102. The van der Waals surface area contributed by atoms with Crippen molar-refractivity contribution < 1.29 is 17.6 Å². The highest BCUT2D eigenvalue weighted by Gasteiger charge is 2.18. The zero-order chi connectivity index (χ0) is 21.0. The summed E-state index contributed by atoms with van der Waals surface area (Å²) in [6, 6.07) is 18.5. The van der Waals surface area contributed by atoms with Gasteiger partial charge >= 0.3 is 0 Å². The van der Waals surface area contributed by atoms with E-state index in [2.05, 4.69) is 10.0 Å². The number of para-hydroxylation sites is 2. The van der Waals surface area contributed by atoms with Gasteiger partial charge < -0.3 is 5.32 Å². The molecule has 0 atom stereocenters. The molecule has 150 valence electrons. The van der Waals surface area contributed by atoms with Crippen LogP contribution in [0.3, 0.4) is 0 Å². The van der Waals surface area contributed by atoms with E-state index in [1.54, 1.807) is 6.07 Å². The third-order valence-corrected chi connectivity index (χ3v) is 5.72. The zero-order valence-electron chi connectivity index (χ0n) is 16.0. The standard InChI is InChI=1S/C22H21FN2O3S/c1-15(2)18-10-3-5-12-20(18)24-22(26)16-8-7-9-17(14-16)29(27,28)25-21-13-6-4-11-19(21)23/h3-15,25H,1-2H3,(H,24,26). The first-order valence-electron chi connectivity index (χ1n) is 9.05. The summed E-state index contributed by atoms with van der Waals surface area (Å²) >= 11 is 0. The molecule has 7 heteroatoms. The van der Waals surface area contributed by atoms with Gasteiger partial charge in [-0.1, -0.05) is 50.2 Å². The predicted molar refractivity (Wildman–Crippen MR) is 112 cm³/mol. The Morgan fingerprint density at radius 3 is 2.24 bits per heavy atom. The van der Waals surface area contributed by atoms with Crippen LogP contribution in [0.15, 0.2) is 77.7 Å². The Bertz CT molecular complexity index is 1140. The number of rotatable bonds is 6. The van der Waals surface area contributed by atoms with E-state index in [0.717, 1.165) is 11.6 Å².